The molecule has 3 aromatic rings. The number of halogens is 1. The van der Waals surface area contributed by atoms with E-state index in [1.165, 1.54) is 6.08 Å². The minimum atomic E-state index is -0.406. The topological polar surface area (TPSA) is 56.1 Å². The molecule has 0 spiro atoms. The van der Waals surface area contributed by atoms with Crippen LogP contribution in [-0.2, 0) is 11.8 Å². The molecule has 0 radical (unpaired) electrons. The zero-order chi connectivity index (χ0) is 19.2. The molecule has 2 aromatic carbocycles. The summed E-state index contributed by atoms with van der Waals surface area (Å²) in [5.74, 6) is 1.22. The van der Waals surface area contributed by atoms with Crippen molar-refractivity contribution in [3.8, 4) is 5.75 Å². The van der Waals surface area contributed by atoms with Crippen molar-refractivity contribution >= 4 is 23.6 Å². The Hall–Kier alpha value is -3.05. The number of amides is 1. The van der Waals surface area contributed by atoms with E-state index < -0.39 is 6.04 Å². The van der Waals surface area contributed by atoms with Crippen molar-refractivity contribution in [2.24, 2.45) is 7.05 Å². The Balaban J connectivity index is 1.85. The van der Waals surface area contributed by atoms with Crippen LogP contribution in [0, 0.1) is 0 Å². The fraction of sp³-hybridized carbons (Fsp3) is 0.143. The van der Waals surface area contributed by atoms with E-state index in [1.54, 1.807) is 31.5 Å². The van der Waals surface area contributed by atoms with Gasteiger partial charge in [0.05, 0.1) is 7.11 Å². The minimum absolute atomic E-state index is 0.231. The fourth-order valence-electron chi connectivity index (χ4n) is 2.75. The SMILES string of the molecule is COc1cccc(C(NC(=O)/C=C/c2cccc(Cl)c2)c2nccn2C)c1. The van der Waals surface area contributed by atoms with Gasteiger partial charge in [0.1, 0.15) is 17.6 Å². The van der Waals surface area contributed by atoms with Crippen LogP contribution in [0.4, 0.5) is 0 Å². The molecule has 0 aliphatic heterocycles. The molecular weight excluding hydrogens is 362 g/mol. The van der Waals surface area contributed by atoms with E-state index in [9.17, 15) is 4.79 Å². The molecule has 1 amide bonds. The molecule has 138 valence electrons. The van der Waals surface area contributed by atoms with E-state index in [0.29, 0.717) is 5.02 Å². The average molecular weight is 382 g/mol. The number of nitrogens with one attached hydrogen (secondary N) is 1. The van der Waals surface area contributed by atoms with E-state index in [1.807, 2.05) is 54.2 Å². The van der Waals surface area contributed by atoms with Gasteiger partial charge < -0.3 is 14.6 Å². The zero-order valence-corrected chi connectivity index (χ0v) is 15.9. The van der Waals surface area contributed by atoms with Crippen LogP contribution in [-0.4, -0.2) is 22.6 Å². The summed E-state index contributed by atoms with van der Waals surface area (Å²) < 4.78 is 7.19. The summed E-state index contributed by atoms with van der Waals surface area (Å²) in [7, 11) is 3.50. The molecule has 0 saturated carbocycles. The van der Waals surface area contributed by atoms with Crippen molar-refractivity contribution in [1.82, 2.24) is 14.9 Å². The predicted molar refractivity (Wildman–Crippen MR) is 107 cm³/mol. The molecule has 27 heavy (non-hydrogen) atoms. The maximum Gasteiger partial charge on any atom is 0.244 e. The van der Waals surface area contributed by atoms with Gasteiger partial charge in [-0.1, -0.05) is 35.9 Å². The lowest BCUT2D eigenvalue weighted by Crippen LogP contribution is -2.29. The molecule has 0 aliphatic rings. The van der Waals surface area contributed by atoms with Gasteiger partial charge in [0, 0.05) is 30.5 Å². The molecule has 3 rings (SSSR count). The smallest absolute Gasteiger partial charge is 0.244 e. The average Bonchev–Trinajstić information content (AvgIpc) is 3.10. The Morgan fingerprint density at radius 1 is 1.26 bits per heavy atom. The van der Waals surface area contributed by atoms with Crippen LogP contribution in [0.1, 0.15) is 23.0 Å². The lowest BCUT2D eigenvalue weighted by Gasteiger charge is -2.19. The Kier molecular flexibility index (Phi) is 5.94. The standard InChI is InChI=1S/C21H20ClN3O2/c1-25-12-11-23-21(25)20(16-6-4-8-18(14-16)27-2)24-19(26)10-9-15-5-3-7-17(22)13-15/h3-14,20H,1-2H3,(H,24,26)/b10-9+. The number of carbonyl (C=O) groups is 1. The highest BCUT2D eigenvalue weighted by atomic mass is 35.5. The number of rotatable bonds is 6. The summed E-state index contributed by atoms with van der Waals surface area (Å²) in [5, 5.41) is 3.64. The first-order valence-electron chi connectivity index (χ1n) is 8.42. The number of aryl methyl sites for hydroxylation is 1. The maximum atomic E-state index is 12.5. The van der Waals surface area contributed by atoms with Crippen LogP contribution in [0.5, 0.6) is 5.75 Å². The lowest BCUT2D eigenvalue weighted by molar-refractivity contribution is -0.117. The van der Waals surface area contributed by atoms with Gasteiger partial charge >= 0.3 is 0 Å². The van der Waals surface area contributed by atoms with Crippen molar-refractivity contribution < 1.29 is 9.53 Å². The third-order valence-electron chi connectivity index (χ3n) is 4.11. The number of nitrogens with zero attached hydrogens (tertiary/aromatic N) is 2. The number of hydrogen-bond donors (Lipinski definition) is 1. The Bertz CT molecular complexity index is 965. The Labute approximate surface area is 163 Å². The molecule has 0 fully saturated rings. The Morgan fingerprint density at radius 2 is 2.07 bits per heavy atom. The van der Waals surface area contributed by atoms with Crippen molar-refractivity contribution in [3.63, 3.8) is 0 Å². The summed E-state index contributed by atoms with van der Waals surface area (Å²) in [6, 6.07) is 14.5. The van der Waals surface area contributed by atoms with Crippen molar-refractivity contribution in [2.45, 2.75) is 6.04 Å². The van der Waals surface area contributed by atoms with Gasteiger partial charge in [0.2, 0.25) is 5.91 Å². The van der Waals surface area contributed by atoms with Crippen molar-refractivity contribution in [1.29, 1.82) is 0 Å². The zero-order valence-electron chi connectivity index (χ0n) is 15.1. The highest BCUT2D eigenvalue weighted by Crippen LogP contribution is 2.24. The molecule has 1 heterocycles. The number of carbonyl (C=O) groups excluding carboxylic acids is 1. The highest BCUT2D eigenvalue weighted by Gasteiger charge is 2.20. The number of methoxy groups -OCH3 is 1. The first-order chi connectivity index (χ1) is 13.1. The van der Waals surface area contributed by atoms with Crippen LogP contribution in [0.25, 0.3) is 6.08 Å². The maximum absolute atomic E-state index is 12.5. The van der Waals surface area contributed by atoms with Crippen LogP contribution in [0.15, 0.2) is 67.0 Å². The van der Waals surface area contributed by atoms with Gasteiger partial charge in [-0.05, 0) is 41.5 Å². The summed E-state index contributed by atoms with van der Waals surface area (Å²) >= 11 is 5.98. The van der Waals surface area contributed by atoms with Crippen LogP contribution < -0.4 is 10.1 Å². The second-order valence-corrected chi connectivity index (χ2v) is 6.44. The van der Waals surface area contributed by atoms with E-state index >= 15 is 0 Å². The number of benzene rings is 2. The molecule has 1 unspecified atom stereocenters. The lowest BCUT2D eigenvalue weighted by atomic mass is 10.1. The number of aromatic nitrogens is 2. The van der Waals surface area contributed by atoms with Crippen LogP contribution >= 0.6 is 11.6 Å². The third-order valence-corrected chi connectivity index (χ3v) is 4.34. The molecule has 0 saturated heterocycles. The molecule has 5 nitrogen and oxygen atoms in total. The molecular formula is C21H20ClN3O2. The molecule has 1 atom stereocenters. The first-order valence-corrected chi connectivity index (χ1v) is 8.80. The molecule has 1 N–H and O–H groups in total. The van der Waals surface area contributed by atoms with Gasteiger partial charge in [-0.25, -0.2) is 4.98 Å². The fourth-order valence-corrected chi connectivity index (χ4v) is 2.94. The highest BCUT2D eigenvalue weighted by molar-refractivity contribution is 6.30. The van der Waals surface area contributed by atoms with E-state index in [0.717, 1.165) is 22.7 Å². The van der Waals surface area contributed by atoms with Gasteiger partial charge in [0.25, 0.3) is 0 Å². The third kappa shape index (κ3) is 4.77. The summed E-state index contributed by atoms with van der Waals surface area (Å²) in [6.45, 7) is 0. The summed E-state index contributed by atoms with van der Waals surface area (Å²) in [5.41, 5.74) is 1.74. The quantitative estimate of drug-likeness (QED) is 0.656. The van der Waals surface area contributed by atoms with Crippen LogP contribution in [0.2, 0.25) is 5.02 Å². The van der Waals surface area contributed by atoms with Crippen LogP contribution in [0.3, 0.4) is 0 Å². The largest absolute Gasteiger partial charge is 0.497 e. The number of imidazole rings is 1. The number of ether oxygens (including phenoxy) is 1. The molecule has 1 aromatic heterocycles. The molecule has 6 heteroatoms. The van der Waals surface area contributed by atoms with E-state index in [-0.39, 0.29) is 5.91 Å². The van der Waals surface area contributed by atoms with Gasteiger partial charge in [-0.15, -0.1) is 0 Å². The predicted octanol–water partition coefficient (Wildman–Crippen LogP) is 4.00. The molecule has 0 aliphatic carbocycles. The van der Waals surface area contributed by atoms with E-state index in [2.05, 4.69) is 10.3 Å². The van der Waals surface area contributed by atoms with Gasteiger partial charge in [-0.2, -0.15) is 0 Å². The normalized spacial score (nSPS) is 12.1. The Morgan fingerprint density at radius 3 is 2.78 bits per heavy atom. The van der Waals surface area contributed by atoms with Crippen molar-refractivity contribution in [2.75, 3.05) is 7.11 Å². The van der Waals surface area contributed by atoms with E-state index in [4.69, 9.17) is 16.3 Å². The first kappa shape index (κ1) is 18.7. The number of hydrogen-bond acceptors (Lipinski definition) is 3. The van der Waals surface area contributed by atoms with Gasteiger partial charge in [-0.3, -0.25) is 4.79 Å². The monoisotopic (exact) mass is 381 g/mol. The summed E-state index contributed by atoms with van der Waals surface area (Å²) in [6.07, 6.45) is 6.76. The second-order valence-electron chi connectivity index (χ2n) is 6.00. The van der Waals surface area contributed by atoms with Gasteiger partial charge in [0.15, 0.2) is 0 Å². The summed E-state index contributed by atoms with van der Waals surface area (Å²) in [4.78, 5) is 16.9. The minimum Gasteiger partial charge on any atom is -0.497 e. The second kappa shape index (κ2) is 8.56. The van der Waals surface area contributed by atoms with Crippen molar-refractivity contribution in [3.05, 3.63) is 89.0 Å². The molecule has 0 bridgehead atoms.